The van der Waals surface area contributed by atoms with Crippen LogP contribution in [0.1, 0.15) is 17.0 Å². The van der Waals surface area contributed by atoms with Crippen molar-refractivity contribution in [1.29, 1.82) is 0 Å². The number of pyridine rings is 2. The molecule has 5 nitrogen and oxygen atoms in total. The number of hydrogen-bond donors (Lipinski definition) is 0. The van der Waals surface area contributed by atoms with Gasteiger partial charge in [-0.15, -0.1) is 10.2 Å². The molecule has 0 fully saturated rings. The average molecular weight is 380 g/mol. The highest BCUT2D eigenvalue weighted by molar-refractivity contribution is 5.78. The van der Waals surface area contributed by atoms with E-state index in [0.29, 0.717) is 35.5 Å². The van der Waals surface area contributed by atoms with Gasteiger partial charge in [-0.25, -0.2) is 9.37 Å². The molecule has 142 valence electrons. The summed E-state index contributed by atoms with van der Waals surface area (Å²) < 4.78 is 34.7. The summed E-state index contributed by atoms with van der Waals surface area (Å²) in [5, 5.41) is 8.24. The van der Waals surface area contributed by atoms with Crippen molar-refractivity contribution in [3.63, 3.8) is 0 Å². The molecule has 7 heteroatoms. The first-order valence-corrected chi connectivity index (χ1v) is 8.85. The molecule has 0 saturated carbocycles. The lowest BCUT2D eigenvalue weighted by Crippen LogP contribution is -2.03. The van der Waals surface area contributed by atoms with E-state index in [1.54, 1.807) is 31.5 Å². The molecule has 28 heavy (non-hydrogen) atoms. The van der Waals surface area contributed by atoms with Gasteiger partial charge in [0.1, 0.15) is 17.9 Å². The molecule has 0 aliphatic heterocycles. The molecule has 4 rings (SSSR count). The molecule has 0 unspecified atom stereocenters. The van der Waals surface area contributed by atoms with Crippen LogP contribution in [0.2, 0.25) is 0 Å². The van der Waals surface area contributed by atoms with Crippen LogP contribution in [0.25, 0.3) is 16.8 Å². The van der Waals surface area contributed by atoms with Gasteiger partial charge in [0.15, 0.2) is 5.65 Å². The molecular weight excluding hydrogens is 362 g/mol. The van der Waals surface area contributed by atoms with Crippen molar-refractivity contribution in [2.24, 2.45) is 0 Å². The Bertz CT molecular complexity index is 1160. The highest BCUT2D eigenvalue weighted by Gasteiger charge is 2.14. The Hall–Kier alpha value is -3.35. The summed E-state index contributed by atoms with van der Waals surface area (Å²) in [6, 6.07) is 11.7. The van der Waals surface area contributed by atoms with Gasteiger partial charge in [-0.1, -0.05) is 6.07 Å². The van der Waals surface area contributed by atoms with E-state index in [4.69, 9.17) is 4.74 Å². The van der Waals surface area contributed by atoms with E-state index in [1.165, 1.54) is 19.2 Å². The first-order valence-electron chi connectivity index (χ1n) is 8.85. The number of nitrogens with zero attached hydrogens (tertiary/aromatic N) is 4. The van der Waals surface area contributed by atoms with Crippen LogP contribution in [0.5, 0.6) is 5.75 Å². The number of aromatic nitrogens is 4. The maximum absolute atomic E-state index is 14.2. The molecule has 0 atom stereocenters. The summed E-state index contributed by atoms with van der Waals surface area (Å²) in [6.07, 6.45) is 2.67. The number of fused-ring (bicyclic) bond motifs is 1. The lowest BCUT2D eigenvalue weighted by Gasteiger charge is -2.12. The zero-order valence-corrected chi connectivity index (χ0v) is 15.5. The quantitative estimate of drug-likeness (QED) is 0.488. The molecular formula is C21H18F2N4O. The van der Waals surface area contributed by atoms with Crippen molar-refractivity contribution < 1.29 is 13.5 Å². The monoisotopic (exact) mass is 380 g/mol. The molecule has 0 radical (unpaired) electrons. The topological polar surface area (TPSA) is 52.3 Å². The van der Waals surface area contributed by atoms with Gasteiger partial charge in [-0.05, 0) is 56.2 Å². The summed E-state index contributed by atoms with van der Waals surface area (Å²) >= 11 is 0. The van der Waals surface area contributed by atoms with Crippen LogP contribution in [0.4, 0.5) is 8.78 Å². The number of halogens is 2. The molecule has 0 aliphatic carbocycles. The number of rotatable bonds is 5. The van der Waals surface area contributed by atoms with Crippen LogP contribution in [-0.4, -0.2) is 26.7 Å². The van der Waals surface area contributed by atoms with Crippen LogP contribution in [0.3, 0.4) is 0 Å². The zero-order chi connectivity index (χ0) is 19.7. The fraction of sp³-hybridized carbons (Fsp3) is 0.190. The van der Waals surface area contributed by atoms with Crippen molar-refractivity contribution in [2.45, 2.75) is 19.8 Å². The Kier molecular flexibility index (Phi) is 4.73. The Morgan fingerprint density at radius 3 is 2.61 bits per heavy atom. The Morgan fingerprint density at radius 2 is 1.82 bits per heavy atom. The number of aryl methyl sites for hydroxylation is 2. The van der Waals surface area contributed by atoms with E-state index >= 15 is 0 Å². The number of benzene rings is 1. The van der Waals surface area contributed by atoms with Gasteiger partial charge < -0.3 is 4.74 Å². The van der Waals surface area contributed by atoms with Crippen molar-refractivity contribution >= 4 is 5.65 Å². The first kappa shape index (κ1) is 18.0. The van der Waals surface area contributed by atoms with Gasteiger partial charge in [0, 0.05) is 28.1 Å². The Morgan fingerprint density at radius 1 is 1.00 bits per heavy atom. The van der Waals surface area contributed by atoms with Gasteiger partial charge in [0.05, 0.1) is 7.11 Å². The highest BCUT2D eigenvalue weighted by atomic mass is 19.1. The van der Waals surface area contributed by atoms with E-state index in [-0.39, 0.29) is 5.82 Å². The first-order chi connectivity index (χ1) is 13.6. The van der Waals surface area contributed by atoms with Gasteiger partial charge in [-0.2, -0.15) is 4.39 Å². The van der Waals surface area contributed by atoms with Gasteiger partial charge >= 0.3 is 0 Å². The molecule has 0 saturated heterocycles. The van der Waals surface area contributed by atoms with Crippen molar-refractivity contribution in [2.75, 3.05) is 7.11 Å². The number of hydrogen-bond acceptors (Lipinski definition) is 4. The summed E-state index contributed by atoms with van der Waals surface area (Å²) in [5.74, 6) is -0.275. The second kappa shape index (κ2) is 7.34. The summed E-state index contributed by atoms with van der Waals surface area (Å²) in [5.41, 5.74) is 4.30. The molecule has 0 amide bonds. The highest BCUT2D eigenvalue weighted by Crippen LogP contribution is 2.28. The molecule has 3 heterocycles. The Balaban J connectivity index is 1.70. The maximum atomic E-state index is 14.2. The van der Waals surface area contributed by atoms with E-state index in [2.05, 4.69) is 15.2 Å². The lowest BCUT2D eigenvalue weighted by atomic mass is 10.0. The zero-order valence-electron chi connectivity index (χ0n) is 15.5. The van der Waals surface area contributed by atoms with Crippen molar-refractivity contribution in [3.05, 3.63) is 77.5 Å². The molecule has 1 aromatic carbocycles. The van der Waals surface area contributed by atoms with Crippen LogP contribution in [-0.2, 0) is 12.8 Å². The summed E-state index contributed by atoms with van der Waals surface area (Å²) in [4.78, 5) is 3.89. The SMILES string of the molecule is COc1cccc(F)c1CCc1ccc(-c2ccc(F)nc2C)c2nncn12. The predicted octanol–water partition coefficient (Wildman–Crippen LogP) is 4.17. The standard InChI is InChI=1S/C21H18F2N4O/c1-13-15(10-11-20(23)25-13)16-8-6-14(27-12-24-26-21(16)27)7-9-17-18(22)4-3-5-19(17)28-2/h3-6,8,10-12H,7,9H2,1-2H3. The largest absolute Gasteiger partial charge is 0.496 e. The van der Waals surface area contributed by atoms with E-state index < -0.39 is 5.95 Å². The van der Waals surface area contributed by atoms with Gasteiger partial charge in [0.25, 0.3) is 0 Å². The number of methoxy groups -OCH3 is 1. The minimum absolute atomic E-state index is 0.288. The molecule has 0 N–H and O–H groups in total. The second-order valence-electron chi connectivity index (χ2n) is 6.45. The van der Waals surface area contributed by atoms with E-state index in [9.17, 15) is 8.78 Å². The minimum Gasteiger partial charge on any atom is -0.496 e. The van der Waals surface area contributed by atoms with E-state index in [0.717, 1.165) is 16.8 Å². The second-order valence-corrected chi connectivity index (χ2v) is 6.45. The lowest BCUT2D eigenvalue weighted by molar-refractivity contribution is 0.404. The molecule has 4 aromatic rings. The van der Waals surface area contributed by atoms with Crippen LogP contribution >= 0.6 is 0 Å². The third kappa shape index (κ3) is 3.19. The van der Waals surface area contributed by atoms with Crippen LogP contribution in [0.15, 0.2) is 48.8 Å². The van der Waals surface area contributed by atoms with Gasteiger partial charge in [0.2, 0.25) is 5.95 Å². The Labute approximate surface area is 160 Å². The summed E-state index contributed by atoms with van der Waals surface area (Å²) in [6.45, 7) is 1.75. The molecule has 0 bridgehead atoms. The average Bonchev–Trinajstić information content (AvgIpc) is 3.17. The maximum Gasteiger partial charge on any atom is 0.213 e. The fourth-order valence-electron chi connectivity index (χ4n) is 3.42. The third-order valence-corrected chi connectivity index (χ3v) is 4.81. The normalized spacial score (nSPS) is 11.1. The third-order valence-electron chi connectivity index (χ3n) is 4.81. The fourth-order valence-corrected chi connectivity index (χ4v) is 3.42. The molecule has 0 spiro atoms. The van der Waals surface area contributed by atoms with Crippen LogP contribution in [0, 0.1) is 18.7 Å². The van der Waals surface area contributed by atoms with Crippen LogP contribution < -0.4 is 4.74 Å². The smallest absolute Gasteiger partial charge is 0.213 e. The molecule has 0 aliphatic rings. The summed E-state index contributed by atoms with van der Waals surface area (Å²) in [7, 11) is 1.53. The minimum atomic E-state index is -0.519. The predicted molar refractivity (Wildman–Crippen MR) is 101 cm³/mol. The van der Waals surface area contributed by atoms with Crippen molar-refractivity contribution in [3.8, 4) is 16.9 Å². The number of ether oxygens (including phenoxy) is 1. The molecule has 3 aromatic heterocycles. The van der Waals surface area contributed by atoms with Gasteiger partial charge in [-0.3, -0.25) is 4.40 Å². The van der Waals surface area contributed by atoms with Crippen molar-refractivity contribution in [1.82, 2.24) is 19.6 Å². The van der Waals surface area contributed by atoms with E-state index in [1.807, 2.05) is 16.5 Å².